The molecule has 1 aromatic carbocycles. The van der Waals surface area contributed by atoms with Crippen molar-refractivity contribution in [3.05, 3.63) is 33.8 Å². The first kappa shape index (κ1) is 11.8. The lowest BCUT2D eigenvalue weighted by molar-refractivity contribution is 0.269. The van der Waals surface area contributed by atoms with Crippen molar-refractivity contribution < 1.29 is 0 Å². The standard InChI is InChI=1S/C14H17Cl2N/c15-12-4-2-10(13(16)6-12)8-14(17)7-9-1-3-11(14)5-9/h2,4,6,9,11H,1,3,5,7-8,17H2. The van der Waals surface area contributed by atoms with Crippen molar-refractivity contribution in [2.75, 3.05) is 0 Å². The van der Waals surface area contributed by atoms with E-state index >= 15 is 0 Å². The van der Waals surface area contributed by atoms with Crippen LogP contribution in [0.4, 0.5) is 0 Å². The average molecular weight is 270 g/mol. The fourth-order valence-electron chi connectivity index (χ4n) is 3.72. The van der Waals surface area contributed by atoms with E-state index in [1.165, 1.54) is 19.3 Å². The molecule has 2 saturated carbocycles. The molecular weight excluding hydrogens is 253 g/mol. The van der Waals surface area contributed by atoms with E-state index in [-0.39, 0.29) is 5.54 Å². The summed E-state index contributed by atoms with van der Waals surface area (Å²) in [6, 6.07) is 5.74. The molecule has 0 saturated heterocycles. The van der Waals surface area contributed by atoms with Crippen LogP contribution < -0.4 is 5.73 Å². The second-order valence-electron chi connectivity index (χ2n) is 5.73. The summed E-state index contributed by atoms with van der Waals surface area (Å²) in [6.45, 7) is 0. The first-order valence-electron chi connectivity index (χ1n) is 6.30. The lowest BCUT2D eigenvalue weighted by Gasteiger charge is -2.34. The molecule has 2 N–H and O–H groups in total. The van der Waals surface area contributed by atoms with Crippen LogP contribution in [0.5, 0.6) is 0 Å². The zero-order valence-electron chi connectivity index (χ0n) is 9.76. The van der Waals surface area contributed by atoms with Gasteiger partial charge >= 0.3 is 0 Å². The molecule has 3 rings (SSSR count). The number of nitrogens with two attached hydrogens (primary N) is 1. The highest BCUT2D eigenvalue weighted by atomic mass is 35.5. The molecule has 0 radical (unpaired) electrons. The molecule has 0 amide bonds. The van der Waals surface area contributed by atoms with Gasteiger partial charge in [0.15, 0.2) is 0 Å². The van der Waals surface area contributed by atoms with Gasteiger partial charge < -0.3 is 5.73 Å². The van der Waals surface area contributed by atoms with Gasteiger partial charge in [-0.25, -0.2) is 0 Å². The molecule has 3 unspecified atom stereocenters. The Labute approximate surface area is 112 Å². The van der Waals surface area contributed by atoms with E-state index in [1.54, 1.807) is 0 Å². The van der Waals surface area contributed by atoms with Gasteiger partial charge in [0.1, 0.15) is 0 Å². The number of hydrogen-bond acceptors (Lipinski definition) is 1. The highest BCUT2D eigenvalue weighted by Crippen LogP contribution is 2.51. The summed E-state index contributed by atoms with van der Waals surface area (Å²) in [4.78, 5) is 0. The minimum atomic E-state index is -0.0274. The normalized spacial score (nSPS) is 35.5. The van der Waals surface area contributed by atoms with Crippen LogP contribution in [0.1, 0.15) is 31.2 Å². The van der Waals surface area contributed by atoms with E-state index in [1.807, 2.05) is 18.2 Å². The Bertz CT molecular complexity index is 446. The van der Waals surface area contributed by atoms with E-state index in [0.717, 1.165) is 29.3 Å². The number of halogens is 2. The zero-order valence-corrected chi connectivity index (χ0v) is 11.3. The molecule has 3 atom stereocenters. The first-order chi connectivity index (χ1) is 8.07. The minimum absolute atomic E-state index is 0.0274. The SMILES string of the molecule is NC1(Cc2ccc(Cl)cc2Cl)CC2CCC1C2. The minimum Gasteiger partial charge on any atom is -0.325 e. The summed E-state index contributed by atoms with van der Waals surface area (Å²) in [7, 11) is 0. The van der Waals surface area contributed by atoms with E-state index in [0.29, 0.717) is 10.9 Å². The zero-order chi connectivity index (χ0) is 12.0. The van der Waals surface area contributed by atoms with Crippen LogP contribution in [-0.2, 0) is 6.42 Å². The molecule has 2 fully saturated rings. The lowest BCUT2D eigenvalue weighted by atomic mass is 9.77. The maximum absolute atomic E-state index is 6.59. The van der Waals surface area contributed by atoms with E-state index in [2.05, 4.69) is 0 Å². The summed E-state index contributed by atoms with van der Waals surface area (Å²) in [5, 5.41) is 1.45. The highest BCUT2D eigenvalue weighted by Gasteiger charge is 2.48. The third-order valence-corrected chi connectivity index (χ3v) is 5.14. The van der Waals surface area contributed by atoms with Gasteiger partial charge in [-0.05, 0) is 55.2 Å². The quantitative estimate of drug-likeness (QED) is 0.861. The molecular formula is C14H17Cl2N. The second-order valence-corrected chi connectivity index (χ2v) is 6.57. The predicted octanol–water partition coefficient (Wildman–Crippen LogP) is 4.05. The highest BCUT2D eigenvalue weighted by molar-refractivity contribution is 6.35. The number of rotatable bonds is 2. The molecule has 1 nitrogen and oxygen atoms in total. The Morgan fingerprint density at radius 2 is 2.12 bits per heavy atom. The summed E-state index contributed by atoms with van der Waals surface area (Å²) in [6.07, 6.45) is 6.05. The predicted molar refractivity (Wildman–Crippen MR) is 72.5 cm³/mol. The van der Waals surface area contributed by atoms with Gasteiger partial charge in [-0.15, -0.1) is 0 Å². The van der Waals surface area contributed by atoms with Gasteiger partial charge in [0, 0.05) is 15.6 Å². The number of hydrogen-bond donors (Lipinski definition) is 1. The molecule has 2 aliphatic rings. The van der Waals surface area contributed by atoms with Gasteiger partial charge in [-0.3, -0.25) is 0 Å². The molecule has 3 heteroatoms. The molecule has 0 aromatic heterocycles. The summed E-state index contributed by atoms with van der Waals surface area (Å²) in [5.41, 5.74) is 7.71. The third kappa shape index (κ3) is 2.09. The molecule has 2 bridgehead atoms. The molecule has 92 valence electrons. The van der Waals surface area contributed by atoms with Crippen molar-refractivity contribution in [3.8, 4) is 0 Å². The molecule has 1 aromatic rings. The van der Waals surface area contributed by atoms with Crippen molar-refractivity contribution in [3.63, 3.8) is 0 Å². The maximum Gasteiger partial charge on any atom is 0.0453 e. The van der Waals surface area contributed by atoms with E-state index in [9.17, 15) is 0 Å². The number of fused-ring (bicyclic) bond motifs is 2. The Morgan fingerprint density at radius 3 is 2.71 bits per heavy atom. The number of benzene rings is 1. The van der Waals surface area contributed by atoms with Crippen LogP contribution in [0.15, 0.2) is 18.2 Å². The van der Waals surface area contributed by atoms with Crippen LogP contribution >= 0.6 is 23.2 Å². The maximum atomic E-state index is 6.59. The van der Waals surface area contributed by atoms with Gasteiger partial charge in [0.05, 0.1) is 0 Å². The first-order valence-corrected chi connectivity index (χ1v) is 7.05. The second kappa shape index (κ2) is 4.15. The molecule has 0 spiro atoms. The van der Waals surface area contributed by atoms with E-state index < -0.39 is 0 Å². The topological polar surface area (TPSA) is 26.0 Å². The smallest absolute Gasteiger partial charge is 0.0453 e. The van der Waals surface area contributed by atoms with Gasteiger partial charge in [0.25, 0.3) is 0 Å². The van der Waals surface area contributed by atoms with Crippen molar-refractivity contribution in [1.29, 1.82) is 0 Å². The van der Waals surface area contributed by atoms with Gasteiger partial charge in [-0.2, -0.15) is 0 Å². The summed E-state index contributed by atoms with van der Waals surface area (Å²) >= 11 is 12.1. The van der Waals surface area contributed by atoms with Crippen molar-refractivity contribution in [2.45, 2.75) is 37.6 Å². The molecule has 0 aliphatic heterocycles. The third-order valence-electron chi connectivity index (χ3n) is 4.56. The lowest BCUT2D eigenvalue weighted by Crippen LogP contribution is -2.47. The van der Waals surface area contributed by atoms with Crippen LogP contribution in [0, 0.1) is 11.8 Å². The molecule has 2 aliphatic carbocycles. The van der Waals surface area contributed by atoms with Gasteiger partial charge in [0.2, 0.25) is 0 Å². The largest absolute Gasteiger partial charge is 0.325 e. The van der Waals surface area contributed by atoms with Crippen molar-refractivity contribution in [1.82, 2.24) is 0 Å². The summed E-state index contributed by atoms with van der Waals surface area (Å²) in [5.74, 6) is 1.55. The molecule has 0 heterocycles. The van der Waals surface area contributed by atoms with Crippen LogP contribution in [0.25, 0.3) is 0 Å². The van der Waals surface area contributed by atoms with Crippen LogP contribution in [0.3, 0.4) is 0 Å². The van der Waals surface area contributed by atoms with Crippen LogP contribution in [0.2, 0.25) is 10.0 Å². The fraction of sp³-hybridized carbons (Fsp3) is 0.571. The Morgan fingerprint density at radius 1 is 1.29 bits per heavy atom. The average Bonchev–Trinajstić information content (AvgIpc) is 2.82. The Balaban J connectivity index is 1.83. The Kier molecular flexibility index (Phi) is 2.89. The van der Waals surface area contributed by atoms with Crippen molar-refractivity contribution in [2.24, 2.45) is 17.6 Å². The van der Waals surface area contributed by atoms with Gasteiger partial charge in [-0.1, -0.05) is 35.7 Å². The van der Waals surface area contributed by atoms with E-state index in [4.69, 9.17) is 28.9 Å². The summed E-state index contributed by atoms with van der Waals surface area (Å²) < 4.78 is 0. The van der Waals surface area contributed by atoms with Crippen molar-refractivity contribution >= 4 is 23.2 Å². The Hall–Kier alpha value is -0.240. The fourth-order valence-corrected chi connectivity index (χ4v) is 4.20. The van der Waals surface area contributed by atoms with Crippen LogP contribution in [-0.4, -0.2) is 5.54 Å². The monoisotopic (exact) mass is 269 g/mol. The molecule has 17 heavy (non-hydrogen) atoms.